The quantitative estimate of drug-likeness (QED) is 0.395. The molecule has 1 N–H and O–H groups in total. The number of methoxy groups -OCH3 is 1. The Morgan fingerprint density at radius 3 is 2.74 bits per heavy atom. The Morgan fingerprint density at radius 1 is 1.41 bits per heavy atom. The van der Waals surface area contributed by atoms with E-state index in [1.165, 1.54) is 19.6 Å². The molecule has 1 aliphatic carbocycles. The van der Waals surface area contributed by atoms with Crippen molar-refractivity contribution in [2.45, 2.75) is 65.4 Å². The highest BCUT2D eigenvalue weighted by atomic mass is 16.5. The third-order valence-electron chi connectivity index (χ3n) is 5.65. The standard InChI is InChI=1S/C22H32O5/c1-6-7-8-9-10-14(2)19(23)12-17-20(21(24)26-5)16-11-15(3)27-13-18(16)22(17,4)25/h11-12,14,18,25H,6-10,13H2,1-5H3/b17-12-/t14-,18?,22+/m0/s1. The van der Waals surface area contributed by atoms with Crippen molar-refractivity contribution in [2.75, 3.05) is 13.7 Å². The second-order valence-electron chi connectivity index (χ2n) is 7.80. The first-order valence-electron chi connectivity index (χ1n) is 9.86. The first-order valence-corrected chi connectivity index (χ1v) is 9.86. The molecular weight excluding hydrogens is 344 g/mol. The molecule has 5 heteroatoms. The molecule has 0 saturated carbocycles. The Morgan fingerprint density at radius 2 is 2.11 bits per heavy atom. The van der Waals surface area contributed by atoms with Gasteiger partial charge >= 0.3 is 5.97 Å². The van der Waals surface area contributed by atoms with Gasteiger partial charge in [-0.05, 0) is 38.0 Å². The van der Waals surface area contributed by atoms with Crippen LogP contribution < -0.4 is 0 Å². The number of hydrogen-bond donors (Lipinski definition) is 1. The molecule has 27 heavy (non-hydrogen) atoms. The Hall–Kier alpha value is -1.88. The van der Waals surface area contributed by atoms with Crippen molar-refractivity contribution in [1.82, 2.24) is 0 Å². The lowest BCUT2D eigenvalue weighted by atomic mass is 9.84. The topological polar surface area (TPSA) is 72.8 Å². The normalized spacial score (nSPS) is 27.1. The molecule has 2 rings (SSSR count). The third kappa shape index (κ3) is 4.52. The second-order valence-corrected chi connectivity index (χ2v) is 7.80. The number of rotatable bonds is 8. The third-order valence-corrected chi connectivity index (χ3v) is 5.65. The van der Waals surface area contributed by atoms with Crippen molar-refractivity contribution in [3.63, 3.8) is 0 Å². The minimum Gasteiger partial charge on any atom is -0.497 e. The molecule has 0 amide bonds. The number of ketones is 1. The zero-order valence-corrected chi connectivity index (χ0v) is 17.1. The van der Waals surface area contributed by atoms with Crippen LogP contribution in [0.2, 0.25) is 0 Å². The molecule has 0 aromatic heterocycles. The van der Waals surface area contributed by atoms with Crippen molar-refractivity contribution in [3.8, 4) is 0 Å². The second kappa shape index (κ2) is 8.87. The maximum atomic E-state index is 12.8. The number of aliphatic hydroxyl groups is 1. The molecule has 0 bridgehead atoms. The van der Waals surface area contributed by atoms with Crippen molar-refractivity contribution in [1.29, 1.82) is 0 Å². The summed E-state index contributed by atoms with van der Waals surface area (Å²) in [5.41, 5.74) is -0.0329. The van der Waals surface area contributed by atoms with Gasteiger partial charge in [0.1, 0.15) is 0 Å². The first kappa shape index (κ1) is 21.4. The molecule has 0 spiro atoms. The van der Waals surface area contributed by atoms with Crippen LogP contribution in [-0.2, 0) is 19.1 Å². The fourth-order valence-corrected chi connectivity index (χ4v) is 3.83. The Bertz CT molecular complexity index is 681. The zero-order valence-electron chi connectivity index (χ0n) is 17.1. The van der Waals surface area contributed by atoms with Crippen molar-refractivity contribution in [3.05, 3.63) is 34.6 Å². The minimum absolute atomic E-state index is 0.0657. The van der Waals surface area contributed by atoms with Crippen LogP contribution in [0, 0.1) is 11.8 Å². The molecule has 5 nitrogen and oxygen atoms in total. The van der Waals surface area contributed by atoms with Crippen LogP contribution in [0.4, 0.5) is 0 Å². The lowest BCUT2D eigenvalue weighted by Gasteiger charge is -2.31. The molecule has 2 aliphatic rings. The summed E-state index contributed by atoms with van der Waals surface area (Å²) in [6, 6.07) is 0. The number of carbonyl (C=O) groups is 2. The number of carbonyl (C=O) groups excluding carboxylic acids is 2. The minimum atomic E-state index is -1.35. The van der Waals surface area contributed by atoms with Crippen LogP contribution in [0.15, 0.2) is 34.6 Å². The Labute approximate surface area is 162 Å². The monoisotopic (exact) mass is 376 g/mol. The van der Waals surface area contributed by atoms with Gasteiger partial charge in [-0.25, -0.2) is 4.79 Å². The van der Waals surface area contributed by atoms with Gasteiger partial charge in [-0.3, -0.25) is 4.79 Å². The molecule has 0 fully saturated rings. The average Bonchev–Trinajstić information content (AvgIpc) is 2.84. The number of allylic oxidation sites excluding steroid dienone is 3. The van der Waals surface area contributed by atoms with Gasteiger partial charge in [0.05, 0.1) is 36.6 Å². The van der Waals surface area contributed by atoms with Crippen LogP contribution in [0.1, 0.15) is 59.8 Å². The molecule has 0 radical (unpaired) electrons. The van der Waals surface area contributed by atoms with Crippen LogP contribution in [0.3, 0.4) is 0 Å². The summed E-state index contributed by atoms with van der Waals surface area (Å²) in [5, 5.41) is 11.1. The summed E-state index contributed by atoms with van der Waals surface area (Å²) >= 11 is 0. The SMILES string of the molecule is CCCCCC[C@H](C)C(=O)/C=C1/C(C(=O)OC)=C2C=C(C)OCC2[C@]1(C)O. The smallest absolute Gasteiger partial charge is 0.338 e. The molecular formula is C22H32O5. The van der Waals surface area contributed by atoms with Crippen molar-refractivity contribution < 1.29 is 24.2 Å². The fraction of sp³-hybridized carbons (Fsp3) is 0.636. The number of hydrogen-bond acceptors (Lipinski definition) is 5. The highest BCUT2D eigenvalue weighted by Gasteiger charge is 2.50. The van der Waals surface area contributed by atoms with Crippen LogP contribution in [0.5, 0.6) is 0 Å². The van der Waals surface area contributed by atoms with Crippen molar-refractivity contribution >= 4 is 11.8 Å². The fourth-order valence-electron chi connectivity index (χ4n) is 3.83. The summed E-state index contributed by atoms with van der Waals surface area (Å²) in [5.74, 6) is -0.466. The molecule has 150 valence electrons. The summed E-state index contributed by atoms with van der Waals surface area (Å²) in [6.45, 7) is 7.76. The Balaban J connectivity index is 2.33. The molecule has 1 aliphatic heterocycles. The van der Waals surface area contributed by atoms with E-state index in [-0.39, 0.29) is 18.3 Å². The van der Waals surface area contributed by atoms with Gasteiger partial charge in [-0.2, -0.15) is 0 Å². The maximum absolute atomic E-state index is 12.8. The predicted octanol–water partition coefficient (Wildman–Crippen LogP) is 3.87. The van der Waals surface area contributed by atoms with Gasteiger partial charge < -0.3 is 14.6 Å². The largest absolute Gasteiger partial charge is 0.497 e. The van der Waals surface area contributed by atoms with Crippen LogP contribution in [-0.4, -0.2) is 36.2 Å². The molecule has 0 aromatic rings. The first-order chi connectivity index (χ1) is 12.7. The van der Waals surface area contributed by atoms with E-state index in [0.29, 0.717) is 22.5 Å². The molecule has 3 atom stereocenters. The van der Waals surface area contributed by atoms with Gasteiger partial charge in [-0.1, -0.05) is 39.5 Å². The van der Waals surface area contributed by atoms with Gasteiger partial charge in [0.15, 0.2) is 5.78 Å². The molecule has 1 heterocycles. The van der Waals surface area contributed by atoms with E-state index in [2.05, 4.69) is 6.92 Å². The van der Waals surface area contributed by atoms with E-state index in [1.807, 2.05) is 6.92 Å². The van der Waals surface area contributed by atoms with Crippen molar-refractivity contribution in [2.24, 2.45) is 11.8 Å². The average molecular weight is 376 g/mol. The van der Waals surface area contributed by atoms with Gasteiger partial charge in [0.2, 0.25) is 0 Å². The highest BCUT2D eigenvalue weighted by Crippen LogP contribution is 2.47. The number of unbranched alkanes of at least 4 members (excludes halogenated alkanes) is 3. The van der Waals surface area contributed by atoms with Gasteiger partial charge in [0.25, 0.3) is 0 Å². The van der Waals surface area contributed by atoms with Crippen LogP contribution in [0.25, 0.3) is 0 Å². The highest BCUT2D eigenvalue weighted by molar-refractivity contribution is 6.01. The lowest BCUT2D eigenvalue weighted by molar-refractivity contribution is -0.135. The van der Waals surface area contributed by atoms with Gasteiger partial charge in [0, 0.05) is 11.5 Å². The lowest BCUT2D eigenvalue weighted by Crippen LogP contribution is -2.37. The van der Waals surface area contributed by atoms with E-state index >= 15 is 0 Å². The Kier molecular flexibility index (Phi) is 7.04. The summed E-state index contributed by atoms with van der Waals surface area (Å²) < 4.78 is 10.5. The summed E-state index contributed by atoms with van der Waals surface area (Å²) in [7, 11) is 1.31. The molecule has 1 unspecified atom stereocenters. The molecule has 0 aromatic carbocycles. The van der Waals surface area contributed by atoms with E-state index < -0.39 is 17.5 Å². The predicted molar refractivity (Wildman–Crippen MR) is 104 cm³/mol. The number of fused-ring (bicyclic) bond motifs is 1. The van der Waals surface area contributed by atoms with E-state index in [0.717, 1.165) is 25.7 Å². The summed E-state index contributed by atoms with van der Waals surface area (Å²) in [4.78, 5) is 25.2. The van der Waals surface area contributed by atoms with E-state index in [4.69, 9.17) is 9.47 Å². The summed E-state index contributed by atoms with van der Waals surface area (Å²) in [6.07, 6.45) is 8.46. The maximum Gasteiger partial charge on any atom is 0.338 e. The van der Waals surface area contributed by atoms with Crippen LogP contribution >= 0.6 is 0 Å². The van der Waals surface area contributed by atoms with E-state index in [9.17, 15) is 14.7 Å². The van der Waals surface area contributed by atoms with E-state index in [1.54, 1.807) is 19.9 Å². The number of ether oxygens (including phenoxy) is 2. The van der Waals surface area contributed by atoms with Gasteiger partial charge in [-0.15, -0.1) is 0 Å². The molecule has 0 saturated heterocycles. The number of esters is 1. The zero-order chi connectivity index (χ0) is 20.2.